The summed E-state index contributed by atoms with van der Waals surface area (Å²) in [6.45, 7) is 12.2. The molecule has 38 heavy (non-hydrogen) atoms. The van der Waals surface area contributed by atoms with Crippen LogP contribution in [0.2, 0.25) is 0 Å². The molecule has 3 heterocycles. The van der Waals surface area contributed by atoms with Gasteiger partial charge < -0.3 is 14.5 Å². The Morgan fingerprint density at radius 2 is 1.58 bits per heavy atom. The summed E-state index contributed by atoms with van der Waals surface area (Å²) >= 11 is 0. The van der Waals surface area contributed by atoms with Gasteiger partial charge in [-0.3, -0.25) is 9.69 Å². The fourth-order valence-corrected chi connectivity index (χ4v) is 5.75. The van der Waals surface area contributed by atoms with E-state index in [0.717, 1.165) is 74.6 Å². The quantitative estimate of drug-likeness (QED) is 0.533. The molecule has 2 aliphatic heterocycles. The number of carbonyl (C=O) groups is 1. The Labute approximate surface area is 223 Å². The maximum atomic E-state index is 13.2. The van der Waals surface area contributed by atoms with Crippen molar-refractivity contribution in [3.63, 3.8) is 0 Å². The van der Waals surface area contributed by atoms with Gasteiger partial charge in [0.15, 0.2) is 0 Å². The van der Waals surface area contributed by atoms with Crippen molar-refractivity contribution < 1.29 is 22.7 Å². The predicted octanol–water partition coefficient (Wildman–Crippen LogP) is 4.15. The number of alkyl halides is 3. The molecule has 4 rings (SSSR count). The number of piperazine rings is 1. The molecule has 2 aliphatic rings. The number of aryl methyl sites for hydroxylation is 2. The Bertz CT molecular complexity index is 1070. The van der Waals surface area contributed by atoms with Crippen LogP contribution < -0.4 is 0 Å². The van der Waals surface area contributed by atoms with E-state index in [4.69, 9.17) is 4.74 Å². The zero-order chi connectivity index (χ0) is 27.5. The minimum Gasteiger partial charge on any atom is -0.384 e. The van der Waals surface area contributed by atoms with E-state index >= 15 is 0 Å². The molecule has 2 saturated heterocycles. The van der Waals surface area contributed by atoms with E-state index in [0.29, 0.717) is 25.3 Å². The number of hydrogen-bond acceptors (Lipinski definition) is 6. The zero-order valence-electron chi connectivity index (χ0n) is 22.7. The first-order valence-corrected chi connectivity index (χ1v) is 13.2. The second-order valence-electron chi connectivity index (χ2n) is 10.8. The van der Waals surface area contributed by atoms with Crippen LogP contribution in [0.15, 0.2) is 30.6 Å². The smallest absolute Gasteiger partial charge is 0.384 e. The number of methoxy groups -OCH3 is 1. The van der Waals surface area contributed by atoms with Crippen LogP contribution in [-0.4, -0.2) is 95.6 Å². The molecule has 208 valence electrons. The first-order valence-electron chi connectivity index (χ1n) is 13.2. The second-order valence-corrected chi connectivity index (χ2v) is 10.8. The van der Waals surface area contributed by atoms with Crippen molar-refractivity contribution in [2.45, 2.75) is 51.2 Å². The molecule has 2 aromatic rings. The zero-order valence-corrected chi connectivity index (χ0v) is 22.7. The molecule has 0 bridgehead atoms. The number of benzene rings is 1. The summed E-state index contributed by atoms with van der Waals surface area (Å²) in [5.41, 5.74) is 2.31. The van der Waals surface area contributed by atoms with E-state index in [1.165, 1.54) is 6.33 Å². The number of ether oxygens (including phenoxy) is 1. The van der Waals surface area contributed by atoms with Crippen molar-refractivity contribution >= 4 is 5.91 Å². The van der Waals surface area contributed by atoms with Gasteiger partial charge in [0, 0.05) is 64.4 Å². The third-order valence-corrected chi connectivity index (χ3v) is 8.26. The van der Waals surface area contributed by atoms with Crippen LogP contribution in [0.25, 0.3) is 0 Å². The van der Waals surface area contributed by atoms with Gasteiger partial charge in [0.25, 0.3) is 5.91 Å². The Morgan fingerprint density at radius 3 is 2.11 bits per heavy atom. The van der Waals surface area contributed by atoms with Gasteiger partial charge >= 0.3 is 6.18 Å². The lowest BCUT2D eigenvalue weighted by Gasteiger charge is -2.50. The molecular weight excluding hydrogens is 495 g/mol. The number of rotatable bonds is 7. The highest BCUT2D eigenvalue weighted by atomic mass is 19.4. The lowest BCUT2D eigenvalue weighted by Crippen LogP contribution is -2.60. The Hall–Kier alpha value is -2.56. The van der Waals surface area contributed by atoms with Crippen molar-refractivity contribution in [3.8, 4) is 0 Å². The van der Waals surface area contributed by atoms with Gasteiger partial charge in [-0.05, 0) is 51.3 Å². The number of likely N-dealkylation sites (tertiary alicyclic amines) is 1. The predicted molar refractivity (Wildman–Crippen MR) is 139 cm³/mol. The van der Waals surface area contributed by atoms with E-state index in [-0.39, 0.29) is 17.4 Å². The number of piperidine rings is 1. The largest absolute Gasteiger partial charge is 0.416 e. The molecular formula is C28H38F3N5O2. The second kappa shape index (κ2) is 11.7. The van der Waals surface area contributed by atoms with Crippen LogP contribution in [0.4, 0.5) is 13.2 Å². The lowest BCUT2D eigenvalue weighted by atomic mass is 9.86. The van der Waals surface area contributed by atoms with E-state index in [9.17, 15) is 18.0 Å². The minimum atomic E-state index is -4.33. The monoisotopic (exact) mass is 533 g/mol. The minimum absolute atomic E-state index is 0.00699. The van der Waals surface area contributed by atoms with Gasteiger partial charge in [-0.1, -0.05) is 12.1 Å². The number of amides is 1. The molecule has 0 aliphatic carbocycles. The highest BCUT2D eigenvalue weighted by Crippen LogP contribution is 2.32. The van der Waals surface area contributed by atoms with Gasteiger partial charge in [0.2, 0.25) is 0 Å². The van der Waals surface area contributed by atoms with Crippen LogP contribution in [0, 0.1) is 13.8 Å². The highest BCUT2D eigenvalue weighted by Gasteiger charge is 2.39. The molecule has 0 unspecified atom stereocenters. The third kappa shape index (κ3) is 6.35. The Balaban J connectivity index is 1.31. The van der Waals surface area contributed by atoms with Gasteiger partial charge in [0.05, 0.1) is 29.1 Å². The normalized spacial score (nSPS) is 19.9. The van der Waals surface area contributed by atoms with Crippen LogP contribution in [-0.2, 0) is 10.9 Å². The molecule has 0 saturated carbocycles. The molecule has 0 N–H and O–H groups in total. The van der Waals surface area contributed by atoms with Crippen LogP contribution in [0.5, 0.6) is 0 Å². The van der Waals surface area contributed by atoms with Gasteiger partial charge in [-0.2, -0.15) is 13.2 Å². The van der Waals surface area contributed by atoms with Crippen molar-refractivity contribution in [2.24, 2.45) is 0 Å². The van der Waals surface area contributed by atoms with E-state index in [1.807, 2.05) is 18.7 Å². The molecule has 2 fully saturated rings. The maximum absolute atomic E-state index is 13.2. The fraction of sp³-hybridized carbons (Fsp3) is 0.607. The van der Waals surface area contributed by atoms with E-state index < -0.39 is 11.7 Å². The molecule has 7 nitrogen and oxygen atoms in total. The topological polar surface area (TPSA) is 61.8 Å². The number of nitrogens with zero attached hydrogens (tertiary/aromatic N) is 5. The number of aromatic nitrogens is 2. The van der Waals surface area contributed by atoms with Gasteiger partial charge in [-0.25, -0.2) is 9.97 Å². The molecule has 1 aromatic heterocycles. The standard InChI is InChI=1S/C28H38F3N5O2/c1-20-25(21(2)33-19-32-20)26(37)35-11-9-27(3,10-12-35)36-15-13-34(14-16-36)17-23(18-38-4)22-5-7-24(8-6-22)28(29,30)31/h5-8,19,23H,9-18H2,1-4H3/t23-/m1/s1. The molecule has 10 heteroatoms. The fourth-order valence-electron chi connectivity index (χ4n) is 5.75. The van der Waals surface area contributed by atoms with Crippen molar-refractivity contribution in [2.75, 3.05) is 59.5 Å². The van der Waals surface area contributed by atoms with Crippen LogP contribution >= 0.6 is 0 Å². The average molecular weight is 534 g/mol. The third-order valence-electron chi connectivity index (χ3n) is 8.26. The molecule has 0 radical (unpaired) electrons. The summed E-state index contributed by atoms with van der Waals surface area (Å²) in [7, 11) is 1.63. The number of carbonyl (C=O) groups excluding carboxylic acids is 1. The Kier molecular flexibility index (Phi) is 8.74. The summed E-state index contributed by atoms with van der Waals surface area (Å²) in [4.78, 5) is 28.4. The number of halogens is 3. The van der Waals surface area contributed by atoms with Gasteiger partial charge in [0.1, 0.15) is 6.33 Å². The van der Waals surface area contributed by atoms with Gasteiger partial charge in [-0.15, -0.1) is 0 Å². The maximum Gasteiger partial charge on any atom is 0.416 e. The summed E-state index contributed by atoms with van der Waals surface area (Å²) in [6, 6.07) is 5.45. The van der Waals surface area contributed by atoms with Crippen molar-refractivity contribution in [1.82, 2.24) is 24.7 Å². The van der Waals surface area contributed by atoms with Crippen LogP contribution in [0.3, 0.4) is 0 Å². The first-order chi connectivity index (χ1) is 18.0. The van der Waals surface area contributed by atoms with Crippen molar-refractivity contribution in [1.29, 1.82) is 0 Å². The van der Waals surface area contributed by atoms with E-state index in [2.05, 4.69) is 26.7 Å². The molecule has 1 aromatic carbocycles. The Morgan fingerprint density at radius 1 is 1.00 bits per heavy atom. The molecule has 0 spiro atoms. The molecule has 1 atom stereocenters. The van der Waals surface area contributed by atoms with Crippen molar-refractivity contribution in [3.05, 3.63) is 58.7 Å². The van der Waals surface area contributed by atoms with E-state index in [1.54, 1.807) is 19.2 Å². The summed E-state index contributed by atoms with van der Waals surface area (Å²) < 4.78 is 44.3. The molecule has 1 amide bonds. The number of hydrogen-bond donors (Lipinski definition) is 0. The average Bonchev–Trinajstić information content (AvgIpc) is 2.88. The first kappa shape index (κ1) is 28.4. The lowest BCUT2D eigenvalue weighted by molar-refractivity contribution is -0.137. The SMILES string of the molecule is COC[C@@H](CN1CCN(C2(C)CCN(C(=O)c3c(C)ncnc3C)CC2)CC1)c1ccc(C(F)(F)F)cc1. The summed E-state index contributed by atoms with van der Waals surface area (Å²) in [6.07, 6.45) is -1.03. The highest BCUT2D eigenvalue weighted by molar-refractivity contribution is 5.96. The summed E-state index contributed by atoms with van der Waals surface area (Å²) in [5.74, 6) is 0.0208. The summed E-state index contributed by atoms with van der Waals surface area (Å²) in [5, 5.41) is 0. The van der Waals surface area contributed by atoms with Crippen LogP contribution in [0.1, 0.15) is 58.6 Å².